The molecule has 2 N–H and O–H groups in total. The lowest BCUT2D eigenvalue weighted by Crippen LogP contribution is -2.44. The van der Waals surface area contributed by atoms with E-state index in [1.807, 2.05) is 24.3 Å². The van der Waals surface area contributed by atoms with Gasteiger partial charge in [0.1, 0.15) is 17.2 Å². The summed E-state index contributed by atoms with van der Waals surface area (Å²) in [5.74, 6) is -2.43. The van der Waals surface area contributed by atoms with E-state index in [0.717, 1.165) is 23.4 Å². The molecular formula is C16H14F2N2O. The van der Waals surface area contributed by atoms with Crippen LogP contribution in [0.2, 0.25) is 0 Å². The zero-order valence-corrected chi connectivity index (χ0v) is 11.2. The van der Waals surface area contributed by atoms with Crippen molar-refractivity contribution in [1.29, 1.82) is 0 Å². The first-order valence-corrected chi connectivity index (χ1v) is 6.72. The normalized spacial score (nSPS) is 16.8. The zero-order chi connectivity index (χ0) is 14.8. The van der Waals surface area contributed by atoms with Crippen molar-refractivity contribution in [2.45, 2.75) is 12.5 Å². The largest absolute Gasteiger partial charge is 0.383 e. The van der Waals surface area contributed by atoms with Crippen molar-refractivity contribution in [1.82, 2.24) is 5.32 Å². The van der Waals surface area contributed by atoms with Crippen molar-refractivity contribution in [3.05, 3.63) is 65.2 Å². The van der Waals surface area contributed by atoms with Gasteiger partial charge in [-0.25, -0.2) is 8.78 Å². The van der Waals surface area contributed by atoms with Crippen molar-refractivity contribution in [3.63, 3.8) is 0 Å². The Hall–Kier alpha value is -2.43. The van der Waals surface area contributed by atoms with Crippen LogP contribution in [0.15, 0.2) is 42.5 Å². The standard InChI is InChI=1S/C16H14F2N2O/c17-12-5-3-6-13(18)15(12)16(21)20-11-8-10-4-1-2-7-14(10)19-9-11/h1-7,11,19H,8-9H2,(H,20,21). The van der Waals surface area contributed by atoms with Crippen molar-refractivity contribution in [2.24, 2.45) is 0 Å². The highest BCUT2D eigenvalue weighted by Crippen LogP contribution is 2.21. The molecule has 21 heavy (non-hydrogen) atoms. The first-order valence-electron chi connectivity index (χ1n) is 6.72. The Labute approximate surface area is 121 Å². The molecule has 5 heteroatoms. The van der Waals surface area contributed by atoms with Gasteiger partial charge in [-0.2, -0.15) is 0 Å². The van der Waals surface area contributed by atoms with Gasteiger partial charge >= 0.3 is 0 Å². The van der Waals surface area contributed by atoms with E-state index < -0.39 is 23.1 Å². The molecule has 0 bridgehead atoms. The number of nitrogens with one attached hydrogen (secondary N) is 2. The fourth-order valence-corrected chi connectivity index (χ4v) is 2.52. The van der Waals surface area contributed by atoms with Gasteiger partial charge in [-0.3, -0.25) is 4.79 Å². The predicted octanol–water partition coefficient (Wildman–Crippen LogP) is 2.73. The fraction of sp³-hybridized carbons (Fsp3) is 0.188. The van der Waals surface area contributed by atoms with Gasteiger partial charge in [0.15, 0.2) is 0 Å². The monoisotopic (exact) mass is 288 g/mol. The van der Waals surface area contributed by atoms with Crippen LogP contribution in [0, 0.1) is 11.6 Å². The molecule has 0 spiro atoms. The first kappa shape index (κ1) is 13.5. The van der Waals surface area contributed by atoms with Crippen LogP contribution in [-0.4, -0.2) is 18.5 Å². The highest BCUT2D eigenvalue weighted by atomic mass is 19.1. The minimum Gasteiger partial charge on any atom is -0.383 e. The highest BCUT2D eigenvalue weighted by molar-refractivity contribution is 5.95. The quantitative estimate of drug-likeness (QED) is 0.892. The third-order valence-corrected chi connectivity index (χ3v) is 3.55. The molecule has 2 aromatic rings. The lowest BCUT2D eigenvalue weighted by Gasteiger charge is -2.27. The number of anilines is 1. The van der Waals surface area contributed by atoms with Crippen LogP contribution in [0.3, 0.4) is 0 Å². The zero-order valence-electron chi connectivity index (χ0n) is 11.2. The Morgan fingerprint density at radius 1 is 1.10 bits per heavy atom. The van der Waals surface area contributed by atoms with Gasteiger partial charge in [0.05, 0.1) is 6.04 Å². The molecule has 0 aliphatic carbocycles. The van der Waals surface area contributed by atoms with E-state index in [-0.39, 0.29) is 6.04 Å². The smallest absolute Gasteiger partial charge is 0.257 e. The number of fused-ring (bicyclic) bond motifs is 1. The molecule has 1 aliphatic heterocycles. The summed E-state index contributed by atoms with van der Waals surface area (Å²) in [5, 5.41) is 5.87. The lowest BCUT2D eigenvalue weighted by molar-refractivity contribution is 0.0930. The van der Waals surface area contributed by atoms with Gasteiger partial charge in [-0.15, -0.1) is 0 Å². The molecule has 0 radical (unpaired) electrons. The number of carbonyl (C=O) groups excluding carboxylic acids is 1. The molecule has 0 saturated heterocycles. The lowest BCUT2D eigenvalue weighted by atomic mass is 9.99. The molecule has 0 saturated carbocycles. The minimum absolute atomic E-state index is 0.202. The van der Waals surface area contributed by atoms with Crippen molar-refractivity contribution >= 4 is 11.6 Å². The number of benzene rings is 2. The maximum absolute atomic E-state index is 13.6. The fourth-order valence-electron chi connectivity index (χ4n) is 2.52. The van der Waals surface area contributed by atoms with Gasteiger partial charge in [0, 0.05) is 12.2 Å². The maximum atomic E-state index is 13.6. The van der Waals surface area contributed by atoms with Crippen LogP contribution in [0.25, 0.3) is 0 Å². The summed E-state index contributed by atoms with van der Waals surface area (Å²) in [4.78, 5) is 12.0. The van der Waals surface area contributed by atoms with E-state index in [9.17, 15) is 13.6 Å². The number of para-hydroxylation sites is 1. The maximum Gasteiger partial charge on any atom is 0.257 e. The van der Waals surface area contributed by atoms with E-state index in [1.54, 1.807) is 0 Å². The van der Waals surface area contributed by atoms with E-state index in [1.165, 1.54) is 6.07 Å². The molecular weight excluding hydrogens is 274 g/mol. The van der Waals surface area contributed by atoms with Crippen LogP contribution in [0.4, 0.5) is 14.5 Å². The Kier molecular flexibility index (Phi) is 3.56. The van der Waals surface area contributed by atoms with Crippen molar-refractivity contribution in [3.8, 4) is 0 Å². The van der Waals surface area contributed by atoms with Crippen LogP contribution in [0.5, 0.6) is 0 Å². The van der Waals surface area contributed by atoms with Crippen LogP contribution < -0.4 is 10.6 Å². The minimum atomic E-state index is -0.850. The van der Waals surface area contributed by atoms with Gasteiger partial charge < -0.3 is 10.6 Å². The molecule has 0 aromatic heterocycles. The number of rotatable bonds is 2. The molecule has 1 unspecified atom stereocenters. The third-order valence-electron chi connectivity index (χ3n) is 3.55. The molecule has 1 aliphatic rings. The number of halogens is 2. The Bertz CT molecular complexity index is 667. The average molecular weight is 288 g/mol. The van der Waals surface area contributed by atoms with Crippen molar-refractivity contribution in [2.75, 3.05) is 11.9 Å². The highest BCUT2D eigenvalue weighted by Gasteiger charge is 2.23. The molecule has 3 rings (SSSR count). The van der Waals surface area contributed by atoms with Gasteiger partial charge in [-0.05, 0) is 30.2 Å². The van der Waals surface area contributed by atoms with Gasteiger partial charge in [0.25, 0.3) is 5.91 Å². The average Bonchev–Trinajstić information content (AvgIpc) is 2.47. The Morgan fingerprint density at radius 2 is 1.81 bits per heavy atom. The number of hydrogen-bond donors (Lipinski definition) is 2. The molecule has 1 atom stereocenters. The third kappa shape index (κ3) is 2.72. The Morgan fingerprint density at radius 3 is 2.57 bits per heavy atom. The topological polar surface area (TPSA) is 41.1 Å². The molecule has 3 nitrogen and oxygen atoms in total. The second kappa shape index (κ2) is 5.52. The second-order valence-corrected chi connectivity index (χ2v) is 5.01. The molecule has 108 valence electrons. The molecule has 2 aromatic carbocycles. The summed E-state index contributed by atoms with van der Waals surface area (Å²) in [6, 6.07) is 11.0. The van der Waals surface area contributed by atoms with Crippen LogP contribution in [0.1, 0.15) is 15.9 Å². The van der Waals surface area contributed by atoms with Crippen LogP contribution >= 0.6 is 0 Å². The first-order chi connectivity index (χ1) is 10.1. The Balaban J connectivity index is 1.75. The van der Waals surface area contributed by atoms with E-state index in [2.05, 4.69) is 10.6 Å². The number of amides is 1. The summed E-state index contributed by atoms with van der Waals surface area (Å²) < 4.78 is 27.2. The predicted molar refractivity (Wildman–Crippen MR) is 76.2 cm³/mol. The van der Waals surface area contributed by atoms with E-state index >= 15 is 0 Å². The summed E-state index contributed by atoms with van der Waals surface area (Å²) in [7, 11) is 0. The SMILES string of the molecule is O=C(NC1CNc2ccccc2C1)c1c(F)cccc1F. The van der Waals surface area contributed by atoms with Crippen molar-refractivity contribution < 1.29 is 13.6 Å². The molecule has 0 fully saturated rings. The van der Waals surface area contributed by atoms with Gasteiger partial charge in [-0.1, -0.05) is 24.3 Å². The summed E-state index contributed by atoms with van der Waals surface area (Å²) in [6.45, 7) is 0.527. The van der Waals surface area contributed by atoms with E-state index in [0.29, 0.717) is 13.0 Å². The number of carbonyl (C=O) groups is 1. The summed E-state index contributed by atoms with van der Waals surface area (Å²) in [6.07, 6.45) is 0.630. The van der Waals surface area contributed by atoms with Crippen LogP contribution in [-0.2, 0) is 6.42 Å². The van der Waals surface area contributed by atoms with E-state index in [4.69, 9.17) is 0 Å². The second-order valence-electron chi connectivity index (χ2n) is 5.01. The number of hydrogen-bond acceptors (Lipinski definition) is 2. The molecule has 1 amide bonds. The van der Waals surface area contributed by atoms with Gasteiger partial charge in [0.2, 0.25) is 0 Å². The molecule has 1 heterocycles. The summed E-state index contributed by atoms with van der Waals surface area (Å²) in [5.41, 5.74) is 1.57. The summed E-state index contributed by atoms with van der Waals surface area (Å²) >= 11 is 0.